The molecule has 1 aliphatic heterocycles. The third kappa shape index (κ3) is 7.36. The van der Waals surface area contributed by atoms with Gasteiger partial charge in [-0.25, -0.2) is 14.8 Å². The molecule has 0 aromatic carbocycles. The number of rotatable bonds is 2. The van der Waals surface area contributed by atoms with Crippen LogP contribution < -0.4 is 5.32 Å². The normalized spacial score (nSPS) is 15.5. The lowest BCUT2D eigenvalue weighted by Gasteiger charge is -2.35. The van der Waals surface area contributed by atoms with E-state index in [-0.39, 0.29) is 6.09 Å². The molecule has 1 fully saturated rings. The Labute approximate surface area is 133 Å². The van der Waals surface area contributed by atoms with Gasteiger partial charge in [0.15, 0.2) is 0 Å². The third-order valence-electron chi connectivity index (χ3n) is 3.20. The fourth-order valence-corrected chi connectivity index (χ4v) is 2.23. The van der Waals surface area contributed by atoms with Crippen LogP contribution in [0.25, 0.3) is 0 Å². The average Bonchev–Trinajstić information content (AvgIpc) is 2.50. The van der Waals surface area contributed by atoms with E-state index in [2.05, 4.69) is 15.3 Å². The summed E-state index contributed by atoms with van der Waals surface area (Å²) < 4.78 is 5.41. The number of aromatic nitrogens is 2. The first kappa shape index (κ1) is 18.4. The average molecular weight is 308 g/mol. The molecule has 2 heterocycles. The van der Waals surface area contributed by atoms with Crippen LogP contribution in [0.4, 0.5) is 4.79 Å². The highest BCUT2D eigenvalue weighted by Crippen LogP contribution is 2.16. The maximum atomic E-state index is 12.0. The first-order valence-electron chi connectivity index (χ1n) is 7.84. The van der Waals surface area contributed by atoms with Crippen LogP contribution in [0.2, 0.25) is 0 Å². The largest absolute Gasteiger partial charge is 0.444 e. The highest BCUT2D eigenvalue weighted by atomic mass is 16.6. The number of hydrogen-bond donors (Lipinski definition) is 1. The van der Waals surface area contributed by atoms with Crippen LogP contribution in [-0.4, -0.2) is 52.2 Å². The molecular weight excluding hydrogens is 280 g/mol. The predicted molar refractivity (Wildman–Crippen MR) is 86.5 cm³/mol. The first-order valence-corrected chi connectivity index (χ1v) is 7.84. The lowest BCUT2D eigenvalue weighted by molar-refractivity contribution is 0.0143. The molecule has 0 atom stereocenters. The standard InChI is InChI=1S/C12H24N2O2.C4H4N2/c1-5-14(10-6-8-13-9-7-10)11(15)16-12(2,3)4;1-2-5-4-6-3-1/h10,13H,5-9H2,1-4H3;1-4H. The van der Waals surface area contributed by atoms with Gasteiger partial charge in [0.05, 0.1) is 0 Å². The highest BCUT2D eigenvalue weighted by molar-refractivity contribution is 5.68. The number of nitrogens with zero attached hydrogens (tertiary/aromatic N) is 3. The van der Waals surface area contributed by atoms with Crippen molar-refractivity contribution in [2.45, 2.75) is 52.2 Å². The number of piperidine rings is 1. The van der Waals surface area contributed by atoms with Crippen molar-refractivity contribution in [3.63, 3.8) is 0 Å². The zero-order valence-corrected chi connectivity index (χ0v) is 14.1. The van der Waals surface area contributed by atoms with Gasteiger partial charge in [0.2, 0.25) is 0 Å². The molecule has 1 aromatic rings. The number of ether oxygens (including phenoxy) is 1. The van der Waals surface area contributed by atoms with Gasteiger partial charge in [-0.1, -0.05) is 0 Å². The van der Waals surface area contributed by atoms with E-state index in [4.69, 9.17) is 4.74 Å². The molecule has 1 saturated heterocycles. The number of nitrogens with one attached hydrogen (secondary N) is 1. The first-order chi connectivity index (χ1) is 10.4. The summed E-state index contributed by atoms with van der Waals surface area (Å²) in [4.78, 5) is 21.2. The van der Waals surface area contributed by atoms with Gasteiger partial charge in [-0.05, 0) is 59.7 Å². The second kappa shape index (κ2) is 9.35. The molecule has 1 aliphatic rings. The molecule has 0 aliphatic carbocycles. The third-order valence-corrected chi connectivity index (χ3v) is 3.20. The van der Waals surface area contributed by atoms with Crippen molar-refractivity contribution in [1.82, 2.24) is 20.2 Å². The lowest BCUT2D eigenvalue weighted by atomic mass is 10.1. The lowest BCUT2D eigenvalue weighted by Crippen LogP contribution is -2.47. The van der Waals surface area contributed by atoms with Crippen LogP contribution in [0.15, 0.2) is 24.8 Å². The Morgan fingerprint density at radius 3 is 2.23 bits per heavy atom. The summed E-state index contributed by atoms with van der Waals surface area (Å²) in [7, 11) is 0. The van der Waals surface area contributed by atoms with E-state index in [0.29, 0.717) is 6.04 Å². The Kier molecular flexibility index (Phi) is 7.80. The van der Waals surface area contributed by atoms with E-state index in [1.54, 1.807) is 18.5 Å². The molecule has 0 spiro atoms. The van der Waals surface area contributed by atoms with E-state index < -0.39 is 5.60 Å². The van der Waals surface area contributed by atoms with Crippen molar-refractivity contribution >= 4 is 6.09 Å². The molecule has 1 N–H and O–H groups in total. The molecule has 2 rings (SSSR count). The Morgan fingerprint density at radius 1 is 1.27 bits per heavy atom. The van der Waals surface area contributed by atoms with Crippen molar-refractivity contribution in [2.24, 2.45) is 0 Å². The molecule has 0 radical (unpaired) electrons. The summed E-state index contributed by atoms with van der Waals surface area (Å²) in [6.45, 7) is 10.4. The van der Waals surface area contributed by atoms with Gasteiger partial charge in [0.1, 0.15) is 11.9 Å². The second-order valence-corrected chi connectivity index (χ2v) is 6.15. The fraction of sp³-hybridized carbons (Fsp3) is 0.688. The fourth-order valence-electron chi connectivity index (χ4n) is 2.23. The van der Waals surface area contributed by atoms with Crippen LogP contribution in [0.3, 0.4) is 0 Å². The van der Waals surface area contributed by atoms with Gasteiger partial charge in [-0.15, -0.1) is 0 Å². The van der Waals surface area contributed by atoms with E-state index in [1.165, 1.54) is 6.33 Å². The number of carbonyl (C=O) groups is 1. The molecule has 0 unspecified atom stereocenters. The predicted octanol–water partition coefficient (Wildman–Crippen LogP) is 2.47. The Bertz CT molecular complexity index is 387. The Hall–Kier alpha value is -1.69. The van der Waals surface area contributed by atoms with Crippen molar-refractivity contribution in [2.75, 3.05) is 19.6 Å². The molecule has 1 amide bonds. The minimum atomic E-state index is -0.405. The van der Waals surface area contributed by atoms with Crippen molar-refractivity contribution < 1.29 is 9.53 Å². The van der Waals surface area contributed by atoms with Gasteiger partial charge in [-0.3, -0.25) is 0 Å². The second-order valence-electron chi connectivity index (χ2n) is 6.15. The van der Waals surface area contributed by atoms with E-state index in [9.17, 15) is 4.79 Å². The maximum absolute atomic E-state index is 12.0. The molecule has 6 heteroatoms. The molecule has 22 heavy (non-hydrogen) atoms. The Morgan fingerprint density at radius 2 is 1.86 bits per heavy atom. The summed E-state index contributed by atoms with van der Waals surface area (Å²) in [6.07, 6.45) is 6.74. The van der Waals surface area contributed by atoms with Gasteiger partial charge in [0, 0.05) is 25.0 Å². The van der Waals surface area contributed by atoms with Crippen LogP contribution in [0.1, 0.15) is 40.5 Å². The molecule has 0 saturated carbocycles. The molecular formula is C16H28N4O2. The molecule has 0 bridgehead atoms. The van der Waals surface area contributed by atoms with E-state index in [0.717, 1.165) is 32.5 Å². The van der Waals surface area contributed by atoms with E-state index in [1.807, 2.05) is 32.6 Å². The monoisotopic (exact) mass is 308 g/mol. The minimum absolute atomic E-state index is 0.179. The summed E-state index contributed by atoms with van der Waals surface area (Å²) in [6, 6.07) is 2.11. The number of amides is 1. The van der Waals surface area contributed by atoms with E-state index >= 15 is 0 Å². The van der Waals surface area contributed by atoms with Gasteiger partial charge in [-0.2, -0.15) is 0 Å². The van der Waals surface area contributed by atoms with Crippen molar-refractivity contribution in [3.05, 3.63) is 24.8 Å². The van der Waals surface area contributed by atoms with Gasteiger partial charge < -0.3 is 15.0 Å². The minimum Gasteiger partial charge on any atom is -0.444 e. The van der Waals surface area contributed by atoms with Gasteiger partial charge >= 0.3 is 6.09 Å². The van der Waals surface area contributed by atoms with Crippen molar-refractivity contribution in [3.8, 4) is 0 Å². The number of carbonyl (C=O) groups excluding carboxylic acids is 1. The summed E-state index contributed by atoms with van der Waals surface area (Å²) in [5.74, 6) is 0. The van der Waals surface area contributed by atoms with Crippen LogP contribution in [0.5, 0.6) is 0 Å². The summed E-state index contributed by atoms with van der Waals surface area (Å²) in [5, 5.41) is 3.30. The quantitative estimate of drug-likeness (QED) is 0.909. The smallest absolute Gasteiger partial charge is 0.410 e. The van der Waals surface area contributed by atoms with Crippen LogP contribution >= 0.6 is 0 Å². The maximum Gasteiger partial charge on any atom is 0.410 e. The van der Waals surface area contributed by atoms with Gasteiger partial charge in [0.25, 0.3) is 0 Å². The zero-order valence-electron chi connectivity index (χ0n) is 14.1. The molecule has 124 valence electrons. The number of hydrogen-bond acceptors (Lipinski definition) is 5. The topological polar surface area (TPSA) is 67.3 Å². The van der Waals surface area contributed by atoms with Crippen LogP contribution in [-0.2, 0) is 4.74 Å². The summed E-state index contributed by atoms with van der Waals surface area (Å²) in [5.41, 5.74) is -0.405. The Balaban J connectivity index is 0.000000335. The highest BCUT2D eigenvalue weighted by Gasteiger charge is 2.27. The van der Waals surface area contributed by atoms with Crippen molar-refractivity contribution in [1.29, 1.82) is 0 Å². The zero-order chi connectivity index (χ0) is 16.4. The molecule has 6 nitrogen and oxygen atoms in total. The SMILES string of the molecule is CCN(C(=O)OC(C)(C)C)C1CCNCC1.c1cncnc1. The summed E-state index contributed by atoms with van der Waals surface area (Å²) >= 11 is 0. The van der Waals surface area contributed by atoms with Crippen LogP contribution in [0, 0.1) is 0 Å². The molecule has 1 aromatic heterocycles.